The predicted molar refractivity (Wildman–Crippen MR) is 81.1 cm³/mol. The topological polar surface area (TPSA) is 59.6 Å². The molecule has 1 atom stereocenters. The summed E-state index contributed by atoms with van der Waals surface area (Å²) in [4.78, 5) is 12.1. The van der Waals surface area contributed by atoms with Crippen LogP contribution < -0.4 is 20.1 Å². The van der Waals surface area contributed by atoms with E-state index in [0.717, 1.165) is 25.8 Å². The molecule has 6 heteroatoms. The van der Waals surface area contributed by atoms with Crippen molar-refractivity contribution >= 4 is 24.0 Å². The summed E-state index contributed by atoms with van der Waals surface area (Å²) in [6.45, 7) is 0.902. The van der Waals surface area contributed by atoms with Gasteiger partial charge in [0.2, 0.25) is 5.91 Å². The van der Waals surface area contributed by atoms with Gasteiger partial charge < -0.3 is 20.1 Å². The molecule has 1 saturated heterocycles. The number of anilines is 1. The summed E-state index contributed by atoms with van der Waals surface area (Å²) in [5.41, 5.74) is 0.688. The summed E-state index contributed by atoms with van der Waals surface area (Å²) in [5, 5.41) is 6.12. The number of halogens is 1. The number of rotatable bonds is 4. The van der Waals surface area contributed by atoms with E-state index in [1.807, 2.05) is 0 Å². The van der Waals surface area contributed by atoms with Crippen molar-refractivity contribution in [3.8, 4) is 11.5 Å². The van der Waals surface area contributed by atoms with Gasteiger partial charge in [0.1, 0.15) is 11.5 Å². The monoisotopic (exact) mass is 300 g/mol. The average molecular weight is 301 g/mol. The van der Waals surface area contributed by atoms with Crippen molar-refractivity contribution in [2.75, 3.05) is 26.1 Å². The Bertz CT molecular complexity index is 426. The van der Waals surface area contributed by atoms with Crippen molar-refractivity contribution in [1.82, 2.24) is 5.32 Å². The molecule has 1 aromatic rings. The highest BCUT2D eigenvalue weighted by Gasteiger charge is 2.20. The van der Waals surface area contributed by atoms with Gasteiger partial charge in [-0.2, -0.15) is 0 Å². The largest absolute Gasteiger partial charge is 0.497 e. The van der Waals surface area contributed by atoms with Gasteiger partial charge in [-0.25, -0.2) is 0 Å². The lowest BCUT2D eigenvalue weighted by atomic mass is 10.0. The zero-order chi connectivity index (χ0) is 13.7. The van der Waals surface area contributed by atoms with Crippen LogP contribution in [0.15, 0.2) is 18.2 Å². The second-order valence-electron chi connectivity index (χ2n) is 4.59. The number of carbonyl (C=O) groups excluding carboxylic acids is 1. The van der Waals surface area contributed by atoms with Gasteiger partial charge in [0, 0.05) is 23.9 Å². The van der Waals surface area contributed by atoms with Crippen molar-refractivity contribution in [2.45, 2.75) is 25.3 Å². The molecule has 0 saturated carbocycles. The summed E-state index contributed by atoms with van der Waals surface area (Å²) in [6.07, 6.45) is 3.11. The van der Waals surface area contributed by atoms with E-state index in [4.69, 9.17) is 9.47 Å². The van der Waals surface area contributed by atoms with Gasteiger partial charge in [0.05, 0.1) is 20.3 Å². The minimum absolute atomic E-state index is 0. The second kappa shape index (κ2) is 7.97. The number of benzene rings is 1. The molecule has 0 aromatic heterocycles. The highest BCUT2D eigenvalue weighted by molar-refractivity contribution is 5.95. The smallest absolute Gasteiger partial charge is 0.241 e. The fourth-order valence-electron chi connectivity index (χ4n) is 2.18. The molecule has 1 aliphatic heterocycles. The Hall–Kier alpha value is -1.46. The molecule has 2 rings (SSSR count). The van der Waals surface area contributed by atoms with Crippen molar-refractivity contribution < 1.29 is 14.3 Å². The first-order chi connectivity index (χ1) is 9.22. The molecule has 1 aromatic carbocycles. The van der Waals surface area contributed by atoms with Crippen LogP contribution in [-0.4, -0.2) is 32.7 Å². The Morgan fingerprint density at radius 3 is 2.35 bits per heavy atom. The molecule has 2 N–H and O–H groups in total. The maximum Gasteiger partial charge on any atom is 0.241 e. The van der Waals surface area contributed by atoms with E-state index in [-0.39, 0.29) is 24.4 Å². The molecule has 0 bridgehead atoms. The summed E-state index contributed by atoms with van der Waals surface area (Å²) in [5.74, 6) is 1.31. The van der Waals surface area contributed by atoms with E-state index in [9.17, 15) is 4.79 Å². The minimum Gasteiger partial charge on any atom is -0.497 e. The van der Waals surface area contributed by atoms with Crippen LogP contribution in [0.4, 0.5) is 5.69 Å². The van der Waals surface area contributed by atoms with E-state index in [1.54, 1.807) is 32.4 Å². The first kappa shape index (κ1) is 16.6. The average Bonchev–Trinajstić information content (AvgIpc) is 2.47. The van der Waals surface area contributed by atoms with E-state index in [1.165, 1.54) is 0 Å². The zero-order valence-electron chi connectivity index (χ0n) is 11.8. The Morgan fingerprint density at radius 1 is 1.20 bits per heavy atom. The van der Waals surface area contributed by atoms with Crippen LogP contribution in [-0.2, 0) is 4.79 Å². The maximum absolute atomic E-state index is 12.1. The van der Waals surface area contributed by atoms with Crippen molar-refractivity contribution in [3.05, 3.63) is 18.2 Å². The van der Waals surface area contributed by atoms with Crippen LogP contribution in [0.1, 0.15) is 19.3 Å². The number of methoxy groups -OCH3 is 2. The van der Waals surface area contributed by atoms with Gasteiger partial charge in [0.15, 0.2) is 0 Å². The fourth-order valence-corrected chi connectivity index (χ4v) is 2.18. The molecule has 0 radical (unpaired) electrons. The number of piperidine rings is 1. The molecule has 1 amide bonds. The minimum atomic E-state index is -0.106. The highest BCUT2D eigenvalue weighted by atomic mass is 35.5. The van der Waals surface area contributed by atoms with E-state index in [2.05, 4.69) is 10.6 Å². The third-order valence-electron chi connectivity index (χ3n) is 3.25. The van der Waals surface area contributed by atoms with Crippen molar-refractivity contribution in [3.63, 3.8) is 0 Å². The zero-order valence-corrected chi connectivity index (χ0v) is 12.6. The summed E-state index contributed by atoms with van der Waals surface area (Å²) < 4.78 is 10.4. The third kappa shape index (κ3) is 4.28. The lowest BCUT2D eigenvalue weighted by Gasteiger charge is -2.22. The lowest BCUT2D eigenvalue weighted by Crippen LogP contribution is -2.43. The molecule has 1 heterocycles. The molecular formula is C14H21ClN2O3. The number of amides is 1. The Labute approximate surface area is 125 Å². The van der Waals surface area contributed by atoms with Gasteiger partial charge in [-0.05, 0) is 19.4 Å². The predicted octanol–water partition coefficient (Wildman–Crippen LogP) is 2.21. The van der Waals surface area contributed by atoms with Crippen LogP contribution in [0.25, 0.3) is 0 Å². The first-order valence-corrected chi connectivity index (χ1v) is 6.50. The van der Waals surface area contributed by atoms with E-state index >= 15 is 0 Å². The second-order valence-corrected chi connectivity index (χ2v) is 4.59. The summed E-state index contributed by atoms with van der Waals surface area (Å²) in [6, 6.07) is 5.23. The van der Waals surface area contributed by atoms with Crippen LogP contribution >= 0.6 is 12.4 Å². The Kier molecular flexibility index (Phi) is 6.61. The van der Waals surface area contributed by atoms with E-state index < -0.39 is 0 Å². The molecule has 5 nitrogen and oxygen atoms in total. The molecule has 112 valence electrons. The molecule has 1 fully saturated rings. The molecule has 0 spiro atoms. The van der Waals surface area contributed by atoms with Gasteiger partial charge in [-0.15, -0.1) is 12.4 Å². The van der Waals surface area contributed by atoms with Gasteiger partial charge in [-0.1, -0.05) is 6.42 Å². The van der Waals surface area contributed by atoms with Gasteiger partial charge >= 0.3 is 0 Å². The molecule has 1 aliphatic rings. The number of ether oxygens (including phenoxy) is 2. The van der Waals surface area contributed by atoms with Crippen molar-refractivity contribution in [1.29, 1.82) is 0 Å². The van der Waals surface area contributed by atoms with Crippen LogP contribution in [0, 0.1) is 0 Å². The molecule has 0 unspecified atom stereocenters. The summed E-state index contributed by atoms with van der Waals surface area (Å²) in [7, 11) is 3.17. The number of hydrogen-bond donors (Lipinski definition) is 2. The normalized spacial score (nSPS) is 17.8. The number of hydrogen-bond acceptors (Lipinski definition) is 4. The lowest BCUT2D eigenvalue weighted by molar-refractivity contribution is -0.118. The standard InChI is InChI=1S/C14H20N2O3.ClH/c1-18-11-7-10(8-12(9-11)19-2)16-14(17)13-5-3-4-6-15-13;/h7-9,13,15H,3-6H2,1-2H3,(H,16,17);1H/t13-;/m0./s1. The first-order valence-electron chi connectivity index (χ1n) is 6.50. The number of carbonyl (C=O) groups is 1. The fraction of sp³-hybridized carbons (Fsp3) is 0.500. The van der Waals surface area contributed by atoms with Crippen LogP contribution in [0.3, 0.4) is 0 Å². The maximum atomic E-state index is 12.1. The molecule has 20 heavy (non-hydrogen) atoms. The van der Waals surface area contributed by atoms with Crippen LogP contribution in [0.5, 0.6) is 11.5 Å². The number of nitrogens with one attached hydrogen (secondary N) is 2. The summed E-state index contributed by atoms with van der Waals surface area (Å²) >= 11 is 0. The quantitative estimate of drug-likeness (QED) is 0.895. The highest BCUT2D eigenvalue weighted by Crippen LogP contribution is 2.26. The van der Waals surface area contributed by atoms with Crippen LogP contribution in [0.2, 0.25) is 0 Å². The van der Waals surface area contributed by atoms with Gasteiger partial charge in [-0.3, -0.25) is 4.79 Å². The van der Waals surface area contributed by atoms with Gasteiger partial charge in [0.25, 0.3) is 0 Å². The van der Waals surface area contributed by atoms with E-state index in [0.29, 0.717) is 17.2 Å². The van der Waals surface area contributed by atoms with Crippen molar-refractivity contribution in [2.24, 2.45) is 0 Å². The molecular weight excluding hydrogens is 280 g/mol. The Morgan fingerprint density at radius 2 is 1.85 bits per heavy atom. The molecule has 0 aliphatic carbocycles. The third-order valence-corrected chi connectivity index (χ3v) is 3.25. The SMILES string of the molecule is COc1cc(NC(=O)[C@@H]2CCCCN2)cc(OC)c1.Cl. The Balaban J connectivity index is 0.00000200.